The number of carbonyl (C=O) groups excluding carboxylic acids is 2. The number of nitrogens with one attached hydrogen (secondary N) is 3. The van der Waals surface area contributed by atoms with Gasteiger partial charge >= 0.3 is 6.03 Å². The van der Waals surface area contributed by atoms with Crippen molar-refractivity contribution in [2.75, 3.05) is 20.3 Å². The number of rotatable bonds is 8. The number of methoxy groups -OCH3 is 1. The van der Waals surface area contributed by atoms with Crippen LogP contribution in [0.25, 0.3) is 0 Å². The van der Waals surface area contributed by atoms with Crippen LogP contribution in [0.1, 0.15) is 60.0 Å². The number of hydrazine groups is 1. The maximum Gasteiger partial charge on any atom is 0.333 e. The van der Waals surface area contributed by atoms with Gasteiger partial charge in [0.25, 0.3) is 5.91 Å². The number of amides is 3. The zero-order valence-corrected chi connectivity index (χ0v) is 19.9. The monoisotopic (exact) mass is 472 g/mol. The van der Waals surface area contributed by atoms with E-state index < -0.39 is 17.9 Å². The van der Waals surface area contributed by atoms with Gasteiger partial charge in [-0.2, -0.15) is 4.39 Å². The SMILES string of the molecule is CCOCC(NC(=O)NNC(=O)c1ccc(OC)cc1)C1CCC(c2ccnc(F)c2C)CC1. The molecule has 1 aromatic heterocycles. The molecule has 0 radical (unpaired) electrons. The molecule has 8 nitrogen and oxygen atoms in total. The van der Waals surface area contributed by atoms with Crippen LogP contribution in [0, 0.1) is 18.8 Å². The molecule has 2 aromatic rings. The smallest absolute Gasteiger partial charge is 0.333 e. The summed E-state index contributed by atoms with van der Waals surface area (Å²) in [5.41, 5.74) is 6.86. The molecule has 1 heterocycles. The van der Waals surface area contributed by atoms with Crippen LogP contribution in [-0.2, 0) is 4.74 Å². The molecular formula is C25H33FN4O4. The third-order valence-corrected chi connectivity index (χ3v) is 6.42. The highest BCUT2D eigenvalue weighted by atomic mass is 19.1. The Kier molecular flexibility index (Phi) is 9.21. The number of nitrogens with zero attached hydrogens (tertiary/aromatic N) is 1. The van der Waals surface area contributed by atoms with E-state index in [1.165, 1.54) is 6.20 Å². The third kappa shape index (κ3) is 6.66. The number of hydrogen-bond acceptors (Lipinski definition) is 5. The summed E-state index contributed by atoms with van der Waals surface area (Å²) in [6.45, 7) is 4.60. The molecule has 3 amide bonds. The fourth-order valence-electron chi connectivity index (χ4n) is 4.47. The lowest BCUT2D eigenvalue weighted by Crippen LogP contribution is -2.53. The van der Waals surface area contributed by atoms with E-state index in [1.807, 2.05) is 13.0 Å². The van der Waals surface area contributed by atoms with E-state index in [1.54, 1.807) is 38.3 Å². The largest absolute Gasteiger partial charge is 0.497 e. The first-order valence-electron chi connectivity index (χ1n) is 11.6. The number of carbonyl (C=O) groups is 2. The van der Waals surface area contributed by atoms with E-state index in [0.717, 1.165) is 31.2 Å². The molecule has 9 heteroatoms. The van der Waals surface area contributed by atoms with Gasteiger partial charge in [-0.25, -0.2) is 15.2 Å². The van der Waals surface area contributed by atoms with Crippen molar-refractivity contribution in [3.05, 3.63) is 59.2 Å². The second-order valence-electron chi connectivity index (χ2n) is 8.47. The summed E-state index contributed by atoms with van der Waals surface area (Å²) in [5, 5.41) is 2.94. The number of urea groups is 1. The summed E-state index contributed by atoms with van der Waals surface area (Å²) in [7, 11) is 1.55. The average molecular weight is 473 g/mol. The van der Waals surface area contributed by atoms with Crippen LogP contribution in [0.15, 0.2) is 36.5 Å². The van der Waals surface area contributed by atoms with Crippen molar-refractivity contribution in [1.29, 1.82) is 0 Å². The fraction of sp³-hybridized carbons (Fsp3) is 0.480. The van der Waals surface area contributed by atoms with E-state index in [4.69, 9.17) is 9.47 Å². The van der Waals surface area contributed by atoms with Gasteiger partial charge in [0.2, 0.25) is 5.95 Å². The first-order chi connectivity index (χ1) is 16.4. The van der Waals surface area contributed by atoms with Crippen LogP contribution in [0.5, 0.6) is 5.75 Å². The molecule has 0 bridgehead atoms. The standard InChI is InChI=1S/C25H33FN4O4/c1-4-34-15-22(18-7-5-17(6-8-18)21-13-14-27-23(26)16(21)2)28-25(32)30-29-24(31)19-9-11-20(33-3)12-10-19/h9-14,17-18,22H,4-8,15H2,1-3H3,(H,29,31)(H2,28,30,32). The van der Waals surface area contributed by atoms with Gasteiger partial charge < -0.3 is 14.8 Å². The number of ether oxygens (including phenoxy) is 2. The maximum absolute atomic E-state index is 13.9. The predicted molar refractivity (Wildman–Crippen MR) is 126 cm³/mol. The Labute approximate surface area is 199 Å². The molecule has 1 unspecified atom stereocenters. The topological polar surface area (TPSA) is 102 Å². The molecule has 0 saturated heterocycles. The number of halogens is 1. The van der Waals surface area contributed by atoms with Gasteiger partial charge in [0.15, 0.2) is 0 Å². The van der Waals surface area contributed by atoms with Crippen molar-refractivity contribution in [2.45, 2.75) is 51.5 Å². The van der Waals surface area contributed by atoms with Crippen LogP contribution in [0.4, 0.5) is 9.18 Å². The molecule has 34 heavy (non-hydrogen) atoms. The number of hydrogen-bond donors (Lipinski definition) is 3. The van der Waals surface area contributed by atoms with Crippen molar-refractivity contribution in [3.8, 4) is 5.75 Å². The first-order valence-corrected chi connectivity index (χ1v) is 11.6. The predicted octanol–water partition coefficient (Wildman–Crippen LogP) is 3.86. The summed E-state index contributed by atoms with van der Waals surface area (Å²) in [5.74, 6) is 0.292. The highest BCUT2D eigenvalue weighted by Crippen LogP contribution is 2.38. The minimum atomic E-state index is -0.499. The van der Waals surface area contributed by atoms with E-state index in [0.29, 0.717) is 30.1 Å². The normalized spacial score (nSPS) is 18.6. The van der Waals surface area contributed by atoms with Crippen molar-refractivity contribution in [3.63, 3.8) is 0 Å². The van der Waals surface area contributed by atoms with Crippen LogP contribution >= 0.6 is 0 Å². The minimum Gasteiger partial charge on any atom is -0.497 e. The van der Waals surface area contributed by atoms with Gasteiger partial charge in [0.05, 0.1) is 19.8 Å². The lowest BCUT2D eigenvalue weighted by molar-refractivity contribution is 0.0902. The van der Waals surface area contributed by atoms with Crippen LogP contribution in [-0.4, -0.2) is 43.3 Å². The molecule has 3 N–H and O–H groups in total. The fourth-order valence-corrected chi connectivity index (χ4v) is 4.47. The van der Waals surface area contributed by atoms with Gasteiger partial charge in [-0.3, -0.25) is 10.2 Å². The molecule has 0 spiro atoms. The quantitative estimate of drug-likeness (QED) is 0.400. The second-order valence-corrected chi connectivity index (χ2v) is 8.47. The lowest BCUT2D eigenvalue weighted by atomic mass is 9.75. The number of aromatic nitrogens is 1. The van der Waals surface area contributed by atoms with Crippen LogP contribution in [0.3, 0.4) is 0 Å². The minimum absolute atomic E-state index is 0.200. The Bertz CT molecular complexity index is 962. The third-order valence-electron chi connectivity index (χ3n) is 6.42. The van der Waals surface area contributed by atoms with Gasteiger partial charge in [-0.05, 0) is 87.3 Å². The summed E-state index contributed by atoms with van der Waals surface area (Å²) in [6.07, 6.45) is 5.08. The van der Waals surface area contributed by atoms with Crippen molar-refractivity contribution in [2.24, 2.45) is 5.92 Å². The van der Waals surface area contributed by atoms with E-state index in [9.17, 15) is 14.0 Å². The Morgan fingerprint density at radius 1 is 1.12 bits per heavy atom. The molecule has 184 valence electrons. The van der Waals surface area contributed by atoms with Gasteiger partial charge in [-0.15, -0.1) is 0 Å². The molecule has 1 aromatic carbocycles. The Morgan fingerprint density at radius 3 is 2.47 bits per heavy atom. The van der Waals surface area contributed by atoms with Gasteiger partial charge in [0.1, 0.15) is 5.75 Å². The zero-order valence-electron chi connectivity index (χ0n) is 19.9. The van der Waals surface area contributed by atoms with Crippen molar-refractivity contribution in [1.82, 2.24) is 21.2 Å². The molecule has 1 atom stereocenters. The second kappa shape index (κ2) is 12.3. The lowest BCUT2D eigenvalue weighted by Gasteiger charge is -2.34. The Balaban J connectivity index is 1.53. The van der Waals surface area contributed by atoms with Crippen molar-refractivity contribution < 1.29 is 23.5 Å². The average Bonchev–Trinajstić information content (AvgIpc) is 2.87. The summed E-state index contributed by atoms with van der Waals surface area (Å²) in [6, 6.07) is 7.77. The number of pyridine rings is 1. The van der Waals surface area contributed by atoms with Crippen LogP contribution < -0.4 is 20.9 Å². The van der Waals surface area contributed by atoms with Gasteiger partial charge in [0, 0.05) is 23.9 Å². The van der Waals surface area contributed by atoms with Gasteiger partial charge in [-0.1, -0.05) is 0 Å². The zero-order chi connectivity index (χ0) is 24.5. The van der Waals surface area contributed by atoms with Crippen LogP contribution in [0.2, 0.25) is 0 Å². The Hall–Kier alpha value is -3.20. The molecule has 1 saturated carbocycles. The van der Waals surface area contributed by atoms with Crippen molar-refractivity contribution >= 4 is 11.9 Å². The molecule has 0 aliphatic heterocycles. The highest BCUT2D eigenvalue weighted by Gasteiger charge is 2.30. The van der Waals surface area contributed by atoms with E-state index in [-0.39, 0.29) is 17.9 Å². The molecule has 1 fully saturated rings. The van der Waals surface area contributed by atoms with E-state index >= 15 is 0 Å². The first kappa shape index (κ1) is 25.4. The highest BCUT2D eigenvalue weighted by molar-refractivity contribution is 5.95. The maximum atomic E-state index is 13.9. The molecule has 1 aliphatic rings. The summed E-state index contributed by atoms with van der Waals surface area (Å²) in [4.78, 5) is 28.5. The molecular weight excluding hydrogens is 439 g/mol. The summed E-state index contributed by atoms with van der Waals surface area (Å²) < 4.78 is 24.6. The molecule has 3 rings (SSSR count). The number of benzene rings is 1. The molecule has 1 aliphatic carbocycles. The van der Waals surface area contributed by atoms with E-state index in [2.05, 4.69) is 21.2 Å². The Morgan fingerprint density at radius 2 is 1.82 bits per heavy atom. The summed E-state index contributed by atoms with van der Waals surface area (Å²) >= 11 is 0.